The molecule has 0 bridgehead atoms. The topological polar surface area (TPSA) is 55.9 Å². The van der Waals surface area contributed by atoms with Crippen LogP contribution in [0.25, 0.3) is 0 Å². The highest BCUT2D eigenvalue weighted by Crippen LogP contribution is 2.18. The van der Waals surface area contributed by atoms with Crippen LogP contribution in [0.15, 0.2) is 24.3 Å². The summed E-state index contributed by atoms with van der Waals surface area (Å²) in [5.74, 6) is 0.223. The molecule has 3 rings (SSSR count). The van der Waals surface area contributed by atoms with E-state index in [1.54, 1.807) is 4.90 Å². The molecular formula is C19H28N4O2. The zero-order valence-corrected chi connectivity index (χ0v) is 15.2. The molecule has 2 aliphatic rings. The van der Waals surface area contributed by atoms with Crippen molar-refractivity contribution in [2.45, 2.75) is 32.2 Å². The Hall–Kier alpha value is -2.08. The van der Waals surface area contributed by atoms with Gasteiger partial charge in [-0.05, 0) is 45.5 Å². The van der Waals surface area contributed by atoms with Gasteiger partial charge in [-0.15, -0.1) is 0 Å². The third-order valence-electron chi connectivity index (χ3n) is 5.24. The van der Waals surface area contributed by atoms with Gasteiger partial charge in [0.15, 0.2) is 0 Å². The molecule has 6 nitrogen and oxygen atoms in total. The van der Waals surface area contributed by atoms with Gasteiger partial charge in [-0.2, -0.15) is 0 Å². The predicted octanol–water partition coefficient (Wildman–Crippen LogP) is 2.16. The Morgan fingerprint density at radius 1 is 0.960 bits per heavy atom. The number of hydrogen-bond donors (Lipinski definition) is 1. The zero-order valence-electron chi connectivity index (χ0n) is 15.2. The van der Waals surface area contributed by atoms with Gasteiger partial charge >= 0.3 is 6.03 Å². The molecule has 1 aromatic rings. The van der Waals surface area contributed by atoms with Crippen molar-refractivity contribution in [1.29, 1.82) is 0 Å². The maximum absolute atomic E-state index is 12.7. The number of nitrogens with zero attached hydrogens (tertiary/aromatic N) is 3. The SMILES string of the molecule is Cc1ccc(NC(=O)N2CCN(C(=O)[C@H]3CCCCN3C)CC2)cc1. The summed E-state index contributed by atoms with van der Waals surface area (Å²) in [7, 11) is 2.03. The van der Waals surface area contributed by atoms with Crippen molar-refractivity contribution in [3.63, 3.8) is 0 Å². The first-order chi connectivity index (χ1) is 12.0. The van der Waals surface area contributed by atoms with Gasteiger partial charge in [-0.1, -0.05) is 24.1 Å². The number of anilines is 1. The van der Waals surface area contributed by atoms with Crippen LogP contribution in [0, 0.1) is 6.92 Å². The first-order valence-electron chi connectivity index (χ1n) is 9.16. The Morgan fingerprint density at radius 2 is 1.60 bits per heavy atom. The highest BCUT2D eigenvalue weighted by molar-refractivity contribution is 5.89. The number of rotatable bonds is 2. The van der Waals surface area contributed by atoms with E-state index in [1.807, 2.05) is 43.1 Å². The van der Waals surface area contributed by atoms with E-state index < -0.39 is 0 Å². The normalized spacial score (nSPS) is 21.9. The lowest BCUT2D eigenvalue weighted by molar-refractivity contribution is -0.139. The minimum atomic E-state index is -0.0919. The van der Waals surface area contributed by atoms with Gasteiger partial charge in [0.2, 0.25) is 5.91 Å². The first-order valence-corrected chi connectivity index (χ1v) is 9.16. The van der Waals surface area contributed by atoms with Crippen LogP contribution in [-0.2, 0) is 4.79 Å². The van der Waals surface area contributed by atoms with E-state index in [-0.39, 0.29) is 18.0 Å². The lowest BCUT2D eigenvalue weighted by atomic mass is 10.0. The number of aryl methyl sites for hydroxylation is 1. The Kier molecular flexibility index (Phi) is 5.58. The van der Waals surface area contributed by atoms with E-state index in [0.29, 0.717) is 26.2 Å². The second-order valence-electron chi connectivity index (χ2n) is 7.10. The average molecular weight is 344 g/mol. The molecule has 2 heterocycles. The summed E-state index contributed by atoms with van der Waals surface area (Å²) in [6, 6.07) is 7.70. The second-order valence-corrected chi connectivity index (χ2v) is 7.10. The summed E-state index contributed by atoms with van der Waals surface area (Å²) >= 11 is 0. The standard InChI is InChI=1S/C19H28N4O2/c1-15-6-8-16(9-7-15)20-19(25)23-13-11-22(12-14-23)18(24)17-5-3-4-10-21(17)2/h6-9,17H,3-5,10-14H2,1-2H3,(H,20,25)/t17-/m1/s1. The molecule has 0 aromatic heterocycles. The van der Waals surface area contributed by atoms with Crippen molar-refractivity contribution in [2.75, 3.05) is 45.1 Å². The number of hydrogen-bond acceptors (Lipinski definition) is 3. The summed E-state index contributed by atoms with van der Waals surface area (Å²) in [4.78, 5) is 31.0. The lowest BCUT2D eigenvalue weighted by Gasteiger charge is -2.39. The van der Waals surface area contributed by atoms with Crippen molar-refractivity contribution in [3.8, 4) is 0 Å². The molecule has 1 N–H and O–H groups in total. The van der Waals surface area contributed by atoms with Crippen LogP contribution in [0.5, 0.6) is 0 Å². The number of piperidine rings is 1. The molecule has 1 aromatic carbocycles. The third kappa shape index (κ3) is 4.31. The maximum atomic E-state index is 12.7. The predicted molar refractivity (Wildman–Crippen MR) is 98.6 cm³/mol. The molecule has 25 heavy (non-hydrogen) atoms. The molecular weight excluding hydrogens is 316 g/mol. The van der Waals surface area contributed by atoms with Crippen molar-refractivity contribution < 1.29 is 9.59 Å². The number of likely N-dealkylation sites (N-methyl/N-ethyl adjacent to an activating group) is 1. The summed E-state index contributed by atoms with van der Waals surface area (Å²) < 4.78 is 0. The van der Waals surface area contributed by atoms with E-state index in [0.717, 1.165) is 30.6 Å². The molecule has 136 valence electrons. The molecule has 3 amide bonds. The van der Waals surface area contributed by atoms with Crippen LogP contribution >= 0.6 is 0 Å². The van der Waals surface area contributed by atoms with Gasteiger partial charge in [0.05, 0.1) is 6.04 Å². The number of carbonyl (C=O) groups excluding carboxylic acids is 2. The maximum Gasteiger partial charge on any atom is 0.321 e. The Labute approximate surface area is 149 Å². The third-order valence-corrected chi connectivity index (χ3v) is 5.24. The fraction of sp³-hybridized carbons (Fsp3) is 0.579. The lowest BCUT2D eigenvalue weighted by Crippen LogP contribution is -2.56. The quantitative estimate of drug-likeness (QED) is 0.894. The van der Waals surface area contributed by atoms with Gasteiger partial charge in [-0.25, -0.2) is 4.79 Å². The molecule has 0 spiro atoms. The smallest absolute Gasteiger partial charge is 0.321 e. The van der Waals surface area contributed by atoms with Gasteiger partial charge in [-0.3, -0.25) is 9.69 Å². The van der Waals surface area contributed by atoms with E-state index in [4.69, 9.17) is 0 Å². The number of amides is 3. The molecule has 0 aliphatic carbocycles. The van der Waals surface area contributed by atoms with Crippen LogP contribution in [0.2, 0.25) is 0 Å². The molecule has 0 saturated carbocycles. The van der Waals surface area contributed by atoms with E-state index >= 15 is 0 Å². The largest absolute Gasteiger partial charge is 0.338 e. The zero-order chi connectivity index (χ0) is 17.8. The van der Waals surface area contributed by atoms with Gasteiger partial charge in [0.1, 0.15) is 0 Å². The molecule has 0 unspecified atom stereocenters. The van der Waals surface area contributed by atoms with E-state index in [9.17, 15) is 9.59 Å². The van der Waals surface area contributed by atoms with Gasteiger partial charge < -0.3 is 15.1 Å². The average Bonchev–Trinajstić information content (AvgIpc) is 2.63. The van der Waals surface area contributed by atoms with E-state index in [2.05, 4.69) is 10.2 Å². The highest BCUT2D eigenvalue weighted by atomic mass is 16.2. The Morgan fingerprint density at radius 3 is 2.24 bits per heavy atom. The second kappa shape index (κ2) is 7.87. The van der Waals surface area contributed by atoms with Crippen molar-refractivity contribution >= 4 is 17.6 Å². The van der Waals surface area contributed by atoms with E-state index in [1.165, 1.54) is 6.42 Å². The van der Waals surface area contributed by atoms with Crippen LogP contribution in [-0.4, -0.2) is 72.5 Å². The number of nitrogens with one attached hydrogen (secondary N) is 1. The summed E-state index contributed by atoms with van der Waals surface area (Å²) in [6.07, 6.45) is 3.25. The number of piperazine rings is 1. The Balaban J connectivity index is 1.50. The van der Waals surface area contributed by atoms with Crippen molar-refractivity contribution in [1.82, 2.24) is 14.7 Å². The van der Waals surface area contributed by atoms with Gasteiger partial charge in [0, 0.05) is 31.9 Å². The minimum absolute atomic E-state index is 0.0154. The molecule has 6 heteroatoms. The van der Waals surface area contributed by atoms with Crippen LogP contribution in [0.4, 0.5) is 10.5 Å². The fourth-order valence-corrected chi connectivity index (χ4v) is 3.57. The first kappa shape index (κ1) is 17.7. The fourth-order valence-electron chi connectivity index (χ4n) is 3.57. The summed E-state index contributed by atoms with van der Waals surface area (Å²) in [5.41, 5.74) is 1.97. The summed E-state index contributed by atoms with van der Waals surface area (Å²) in [6.45, 7) is 5.41. The molecule has 2 saturated heterocycles. The van der Waals surface area contributed by atoms with Crippen LogP contribution < -0.4 is 5.32 Å². The van der Waals surface area contributed by atoms with Crippen LogP contribution in [0.3, 0.4) is 0 Å². The summed E-state index contributed by atoms with van der Waals surface area (Å²) in [5, 5.41) is 2.93. The van der Waals surface area contributed by atoms with Gasteiger partial charge in [0.25, 0.3) is 0 Å². The highest BCUT2D eigenvalue weighted by Gasteiger charge is 2.32. The van der Waals surface area contributed by atoms with Crippen molar-refractivity contribution in [2.24, 2.45) is 0 Å². The van der Waals surface area contributed by atoms with Crippen LogP contribution in [0.1, 0.15) is 24.8 Å². The number of urea groups is 1. The number of benzene rings is 1. The molecule has 2 fully saturated rings. The van der Waals surface area contributed by atoms with Crippen molar-refractivity contribution in [3.05, 3.63) is 29.8 Å². The monoisotopic (exact) mass is 344 g/mol. The minimum Gasteiger partial charge on any atom is -0.338 e. The molecule has 2 aliphatic heterocycles. The number of likely N-dealkylation sites (tertiary alicyclic amines) is 1. The molecule has 0 radical (unpaired) electrons. The number of carbonyl (C=O) groups is 2. The Bertz CT molecular complexity index is 608. The molecule has 1 atom stereocenters.